The maximum Gasteiger partial charge on any atom is 0.287 e. The van der Waals surface area contributed by atoms with Crippen LogP contribution in [0.2, 0.25) is 5.02 Å². The summed E-state index contributed by atoms with van der Waals surface area (Å²) in [5.41, 5.74) is 4.08. The Morgan fingerprint density at radius 2 is 1.87 bits per heavy atom. The van der Waals surface area contributed by atoms with E-state index in [-0.39, 0.29) is 11.9 Å². The zero-order valence-corrected chi connectivity index (χ0v) is 18.5. The standard InChI is InChI=1S/C25H29ClN2O2/c1-3-18-7-12-23-21(15-18)17(2)24(30-23)25(29)27-16-22(28-13-5-4-6-14-28)19-8-10-20(26)11-9-19/h7-12,15,22H,3-6,13-14,16H2,1-2H3,(H,27,29)/t22-/m0/s1. The quantitative estimate of drug-likeness (QED) is 0.534. The molecule has 1 atom stereocenters. The summed E-state index contributed by atoms with van der Waals surface area (Å²) in [5.74, 6) is 0.254. The van der Waals surface area contributed by atoms with Crippen molar-refractivity contribution in [1.82, 2.24) is 10.2 Å². The van der Waals surface area contributed by atoms with Crippen LogP contribution in [-0.4, -0.2) is 30.4 Å². The van der Waals surface area contributed by atoms with Crippen LogP contribution in [-0.2, 0) is 6.42 Å². The first-order valence-corrected chi connectivity index (χ1v) is 11.2. The van der Waals surface area contributed by atoms with E-state index in [0.717, 1.165) is 41.1 Å². The molecule has 1 aliphatic rings. The lowest BCUT2D eigenvalue weighted by Crippen LogP contribution is -2.40. The van der Waals surface area contributed by atoms with E-state index in [0.29, 0.717) is 12.3 Å². The lowest BCUT2D eigenvalue weighted by Gasteiger charge is -2.35. The Labute approximate surface area is 183 Å². The van der Waals surface area contributed by atoms with Crippen LogP contribution < -0.4 is 5.32 Å². The van der Waals surface area contributed by atoms with Gasteiger partial charge in [-0.15, -0.1) is 0 Å². The van der Waals surface area contributed by atoms with Crippen molar-refractivity contribution in [2.75, 3.05) is 19.6 Å². The molecule has 4 nitrogen and oxygen atoms in total. The van der Waals surface area contributed by atoms with Gasteiger partial charge in [-0.05, 0) is 74.7 Å². The van der Waals surface area contributed by atoms with Gasteiger partial charge in [0, 0.05) is 22.5 Å². The van der Waals surface area contributed by atoms with E-state index in [9.17, 15) is 4.79 Å². The Kier molecular flexibility index (Phi) is 6.45. The van der Waals surface area contributed by atoms with E-state index in [2.05, 4.69) is 41.4 Å². The Morgan fingerprint density at radius 3 is 2.57 bits per heavy atom. The number of carbonyl (C=O) groups excluding carboxylic acids is 1. The summed E-state index contributed by atoms with van der Waals surface area (Å²) >= 11 is 6.09. The van der Waals surface area contributed by atoms with Crippen molar-refractivity contribution >= 4 is 28.5 Å². The Hall–Kier alpha value is -2.30. The second-order valence-corrected chi connectivity index (χ2v) is 8.55. The van der Waals surface area contributed by atoms with Gasteiger partial charge in [0.05, 0.1) is 6.04 Å². The minimum absolute atomic E-state index is 0.128. The molecule has 1 saturated heterocycles. The number of carbonyl (C=O) groups is 1. The fraction of sp³-hybridized carbons (Fsp3) is 0.400. The second-order valence-electron chi connectivity index (χ2n) is 8.11. The van der Waals surface area contributed by atoms with Gasteiger partial charge in [-0.2, -0.15) is 0 Å². The zero-order valence-electron chi connectivity index (χ0n) is 17.7. The molecule has 1 fully saturated rings. The van der Waals surface area contributed by atoms with Gasteiger partial charge < -0.3 is 9.73 Å². The number of furan rings is 1. The average molecular weight is 425 g/mol. The monoisotopic (exact) mass is 424 g/mol. The third-order valence-electron chi connectivity index (χ3n) is 6.16. The van der Waals surface area contributed by atoms with Crippen molar-refractivity contribution in [1.29, 1.82) is 0 Å². The van der Waals surface area contributed by atoms with Crippen LogP contribution in [0.5, 0.6) is 0 Å². The molecule has 1 amide bonds. The molecule has 30 heavy (non-hydrogen) atoms. The van der Waals surface area contributed by atoms with Crippen LogP contribution in [0.15, 0.2) is 46.9 Å². The lowest BCUT2D eigenvalue weighted by molar-refractivity contribution is 0.0898. The number of likely N-dealkylation sites (tertiary alicyclic amines) is 1. The number of aryl methyl sites for hydroxylation is 2. The van der Waals surface area contributed by atoms with Gasteiger partial charge in [0.2, 0.25) is 0 Å². The number of fused-ring (bicyclic) bond motifs is 1. The molecule has 2 heterocycles. The van der Waals surface area contributed by atoms with E-state index < -0.39 is 0 Å². The number of hydrogen-bond acceptors (Lipinski definition) is 3. The molecular formula is C25H29ClN2O2. The number of piperidine rings is 1. The first kappa shape index (κ1) is 21.0. The molecule has 1 aliphatic heterocycles. The first-order chi connectivity index (χ1) is 14.6. The number of nitrogens with one attached hydrogen (secondary N) is 1. The van der Waals surface area contributed by atoms with Crippen molar-refractivity contribution < 1.29 is 9.21 Å². The van der Waals surface area contributed by atoms with Crippen molar-refractivity contribution in [3.05, 3.63) is 69.9 Å². The van der Waals surface area contributed by atoms with E-state index in [1.165, 1.54) is 30.4 Å². The topological polar surface area (TPSA) is 45.5 Å². The van der Waals surface area contributed by atoms with Gasteiger partial charge in [-0.1, -0.05) is 43.1 Å². The average Bonchev–Trinajstić information content (AvgIpc) is 3.11. The molecular weight excluding hydrogens is 396 g/mol. The minimum atomic E-state index is -0.155. The van der Waals surface area contributed by atoms with Crippen LogP contribution in [0.25, 0.3) is 11.0 Å². The first-order valence-electron chi connectivity index (χ1n) is 10.9. The van der Waals surface area contributed by atoms with Crippen LogP contribution in [0.4, 0.5) is 0 Å². The van der Waals surface area contributed by atoms with Gasteiger partial charge in [-0.3, -0.25) is 9.69 Å². The molecule has 0 unspecified atom stereocenters. The molecule has 5 heteroatoms. The number of benzene rings is 2. The summed E-state index contributed by atoms with van der Waals surface area (Å²) in [6.45, 7) is 6.72. The summed E-state index contributed by atoms with van der Waals surface area (Å²) in [4.78, 5) is 15.5. The normalized spacial score (nSPS) is 16.0. The van der Waals surface area contributed by atoms with E-state index in [1.54, 1.807) is 0 Å². The summed E-state index contributed by atoms with van der Waals surface area (Å²) in [6, 6.07) is 14.2. The molecule has 0 spiro atoms. The maximum absolute atomic E-state index is 13.0. The van der Waals surface area contributed by atoms with Gasteiger partial charge in [0.25, 0.3) is 5.91 Å². The highest BCUT2D eigenvalue weighted by Gasteiger charge is 2.24. The van der Waals surface area contributed by atoms with Crippen molar-refractivity contribution in [2.24, 2.45) is 0 Å². The predicted octanol–water partition coefficient (Wildman–Crippen LogP) is 5.91. The van der Waals surface area contributed by atoms with E-state index in [1.807, 2.05) is 25.1 Å². The Balaban J connectivity index is 1.54. The smallest absolute Gasteiger partial charge is 0.287 e. The number of hydrogen-bond donors (Lipinski definition) is 1. The predicted molar refractivity (Wildman–Crippen MR) is 122 cm³/mol. The van der Waals surface area contributed by atoms with Gasteiger partial charge >= 0.3 is 0 Å². The van der Waals surface area contributed by atoms with Crippen LogP contribution in [0, 0.1) is 6.92 Å². The summed E-state index contributed by atoms with van der Waals surface area (Å²) in [7, 11) is 0. The van der Waals surface area contributed by atoms with Crippen LogP contribution in [0.3, 0.4) is 0 Å². The molecule has 3 aromatic rings. The molecule has 0 saturated carbocycles. The van der Waals surface area contributed by atoms with Crippen LogP contribution >= 0.6 is 11.6 Å². The van der Waals surface area contributed by atoms with E-state index >= 15 is 0 Å². The summed E-state index contributed by atoms with van der Waals surface area (Å²) in [6.07, 6.45) is 4.62. The van der Waals surface area contributed by atoms with Gasteiger partial charge in [0.1, 0.15) is 5.58 Å². The zero-order chi connectivity index (χ0) is 21.1. The third kappa shape index (κ3) is 4.40. The highest BCUT2D eigenvalue weighted by molar-refractivity contribution is 6.30. The molecule has 0 aliphatic carbocycles. The molecule has 0 bridgehead atoms. The summed E-state index contributed by atoms with van der Waals surface area (Å²) in [5, 5.41) is 4.88. The van der Waals surface area contributed by atoms with Gasteiger partial charge in [-0.25, -0.2) is 0 Å². The highest BCUT2D eigenvalue weighted by Crippen LogP contribution is 2.28. The SMILES string of the molecule is CCc1ccc2oc(C(=O)NC[C@@H](c3ccc(Cl)cc3)N3CCCCC3)c(C)c2c1. The summed E-state index contributed by atoms with van der Waals surface area (Å²) < 4.78 is 5.92. The Bertz CT molecular complexity index is 1020. The molecule has 4 rings (SSSR count). The molecule has 1 N–H and O–H groups in total. The van der Waals surface area contributed by atoms with Crippen molar-refractivity contribution in [2.45, 2.75) is 45.6 Å². The largest absolute Gasteiger partial charge is 0.451 e. The lowest BCUT2D eigenvalue weighted by atomic mass is 10.0. The van der Waals surface area contributed by atoms with E-state index in [4.69, 9.17) is 16.0 Å². The number of rotatable bonds is 6. The Morgan fingerprint density at radius 1 is 1.13 bits per heavy atom. The fourth-order valence-electron chi connectivity index (χ4n) is 4.35. The van der Waals surface area contributed by atoms with Gasteiger partial charge in [0.15, 0.2) is 5.76 Å². The van der Waals surface area contributed by atoms with Crippen molar-refractivity contribution in [3.63, 3.8) is 0 Å². The minimum Gasteiger partial charge on any atom is -0.451 e. The fourth-order valence-corrected chi connectivity index (χ4v) is 4.47. The molecule has 1 aromatic heterocycles. The van der Waals surface area contributed by atoms with Crippen molar-refractivity contribution in [3.8, 4) is 0 Å². The number of nitrogens with zero attached hydrogens (tertiary/aromatic N) is 1. The second kappa shape index (κ2) is 9.23. The molecule has 0 radical (unpaired) electrons. The maximum atomic E-state index is 13.0. The number of amides is 1. The third-order valence-corrected chi connectivity index (χ3v) is 6.41. The van der Waals surface area contributed by atoms with Crippen LogP contribution in [0.1, 0.15) is 59.5 Å². The molecule has 158 valence electrons. The molecule has 2 aromatic carbocycles. The highest BCUT2D eigenvalue weighted by atomic mass is 35.5. The number of halogens is 1.